The molecule has 1 aliphatic rings. The minimum Gasteiger partial charge on any atom is -0.333 e. The fourth-order valence-corrected chi connectivity index (χ4v) is 2.04. The highest BCUT2D eigenvalue weighted by atomic mass is 35.5. The molecule has 3 amide bonds. The molecule has 2 N–H and O–H groups in total. The number of rotatable bonds is 5. The molecule has 1 saturated heterocycles. The van der Waals surface area contributed by atoms with Crippen molar-refractivity contribution in [2.24, 2.45) is 0 Å². The summed E-state index contributed by atoms with van der Waals surface area (Å²) >= 11 is 5.59. The van der Waals surface area contributed by atoms with Gasteiger partial charge in [0.05, 0.1) is 6.04 Å². The summed E-state index contributed by atoms with van der Waals surface area (Å²) in [7, 11) is 0. The number of alkyl halides is 2. The van der Waals surface area contributed by atoms with E-state index in [0.29, 0.717) is 12.4 Å². The van der Waals surface area contributed by atoms with Crippen molar-refractivity contribution >= 4 is 23.5 Å². The zero-order chi connectivity index (χ0) is 12.1. The number of urea groups is 1. The highest BCUT2D eigenvalue weighted by Crippen LogP contribution is 2.09. The minimum absolute atomic E-state index is 0.130. The van der Waals surface area contributed by atoms with E-state index < -0.39 is 24.7 Å². The summed E-state index contributed by atoms with van der Waals surface area (Å²) in [6.45, 7) is 1.69. The molecule has 7 heteroatoms. The molecule has 0 spiro atoms. The Morgan fingerprint density at radius 2 is 2.12 bits per heavy atom. The van der Waals surface area contributed by atoms with Crippen LogP contribution in [0, 0.1) is 0 Å². The van der Waals surface area contributed by atoms with Crippen LogP contribution in [0.25, 0.3) is 0 Å². The summed E-state index contributed by atoms with van der Waals surface area (Å²) in [6.07, 6.45) is 0. The maximum atomic E-state index is 12.3. The first-order valence-corrected chi connectivity index (χ1v) is 5.61. The minimum atomic E-state index is -0.563. The van der Waals surface area contributed by atoms with E-state index in [9.17, 15) is 14.0 Å². The molecule has 0 aromatic rings. The van der Waals surface area contributed by atoms with Gasteiger partial charge < -0.3 is 5.32 Å². The normalized spacial score (nSPS) is 25.5. The average molecular weight is 252 g/mol. The van der Waals surface area contributed by atoms with E-state index in [1.165, 1.54) is 0 Å². The lowest BCUT2D eigenvalue weighted by atomic mass is 10.1. The number of amides is 3. The lowest BCUT2D eigenvalue weighted by Crippen LogP contribution is -2.65. The lowest BCUT2D eigenvalue weighted by Gasteiger charge is -2.36. The first-order valence-electron chi connectivity index (χ1n) is 5.07. The fraction of sp³-hybridized carbons (Fsp3) is 0.778. The van der Waals surface area contributed by atoms with E-state index in [1.807, 2.05) is 0 Å². The van der Waals surface area contributed by atoms with Crippen LogP contribution >= 0.6 is 11.6 Å². The quantitative estimate of drug-likeness (QED) is 0.681. The van der Waals surface area contributed by atoms with Gasteiger partial charge in [0, 0.05) is 19.0 Å². The number of nitrogens with one attached hydrogen (secondary N) is 2. The Labute approximate surface area is 98.3 Å². The molecular weight excluding hydrogens is 237 g/mol. The third-order valence-corrected chi connectivity index (χ3v) is 2.64. The maximum absolute atomic E-state index is 12.3. The van der Waals surface area contributed by atoms with Crippen molar-refractivity contribution < 1.29 is 14.0 Å². The van der Waals surface area contributed by atoms with E-state index in [0.717, 1.165) is 0 Å². The van der Waals surface area contributed by atoms with E-state index in [2.05, 4.69) is 10.6 Å². The van der Waals surface area contributed by atoms with Crippen LogP contribution in [0.1, 0.15) is 6.92 Å². The van der Waals surface area contributed by atoms with Gasteiger partial charge in [0.1, 0.15) is 12.7 Å². The SMILES string of the molecule is CC1NC(=O)NC(=O)C1N(CCF)CCCl. The van der Waals surface area contributed by atoms with Gasteiger partial charge in [0.25, 0.3) is 0 Å². The predicted octanol–water partition coefficient (Wildman–Crippen LogP) is 0.0932. The zero-order valence-electron chi connectivity index (χ0n) is 9.00. The van der Waals surface area contributed by atoms with Crippen LogP contribution in [0.15, 0.2) is 0 Å². The molecule has 1 heterocycles. The van der Waals surface area contributed by atoms with Crippen molar-refractivity contribution in [2.45, 2.75) is 19.0 Å². The highest BCUT2D eigenvalue weighted by Gasteiger charge is 2.36. The van der Waals surface area contributed by atoms with Gasteiger partial charge in [0.15, 0.2) is 0 Å². The van der Waals surface area contributed by atoms with Gasteiger partial charge in [-0.25, -0.2) is 9.18 Å². The molecule has 0 aliphatic carbocycles. The Morgan fingerprint density at radius 1 is 1.44 bits per heavy atom. The summed E-state index contributed by atoms with van der Waals surface area (Å²) in [5.41, 5.74) is 0. The third kappa shape index (κ3) is 3.05. The Balaban J connectivity index is 2.73. The van der Waals surface area contributed by atoms with Gasteiger partial charge in [-0.3, -0.25) is 15.0 Å². The number of halogens is 2. The van der Waals surface area contributed by atoms with Crippen LogP contribution in [0.2, 0.25) is 0 Å². The third-order valence-electron chi connectivity index (χ3n) is 2.47. The number of hydrogen-bond acceptors (Lipinski definition) is 3. The molecule has 0 bridgehead atoms. The molecule has 5 nitrogen and oxygen atoms in total. The first kappa shape index (κ1) is 13.2. The monoisotopic (exact) mass is 251 g/mol. The molecule has 2 unspecified atom stereocenters. The zero-order valence-corrected chi connectivity index (χ0v) is 9.76. The molecule has 0 saturated carbocycles. The lowest BCUT2D eigenvalue weighted by molar-refractivity contribution is -0.127. The number of nitrogens with zero attached hydrogens (tertiary/aromatic N) is 1. The second-order valence-corrected chi connectivity index (χ2v) is 3.99. The largest absolute Gasteiger partial charge is 0.333 e. The van der Waals surface area contributed by atoms with Crippen LogP contribution in [-0.4, -0.2) is 54.6 Å². The van der Waals surface area contributed by atoms with Crippen molar-refractivity contribution in [1.29, 1.82) is 0 Å². The fourth-order valence-electron chi connectivity index (χ4n) is 1.82. The summed E-state index contributed by atoms with van der Waals surface area (Å²) in [6, 6.07) is -1.43. The van der Waals surface area contributed by atoms with Crippen LogP contribution in [-0.2, 0) is 4.79 Å². The average Bonchev–Trinajstić information content (AvgIpc) is 2.16. The standard InChI is InChI=1S/C9H15ClFN3O2/c1-6-7(8(15)13-9(16)12-6)14(4-2-10)5-3-11/h6-7H,2-5H2,1H3,(H2,12,13,15,16). The van der Waals surface area contributed by atoms with E-state index >= 15 is 0 Å². The Bertz CT molecular complexity index is 271. The van der Waals surface area contributed by atoms with Crippen LogP contribution < -0.4 is 10.6 Å². The van der Waals surface area contributed by atoms with Crippen molar-refractivity contribution in [3.63, 3.8) is 0 Å². The van der Waals surface area contributed by atoms with Gasteiger partial charge in [-0.15, -0.1) is 11.6 Å². The maximum Gasteiger partial charge on any atom is 0.321 e. The summed E-state index contributed by atoms with van der Waals surface area (Å²) in [5.74, 6) is -0.0976. The van der Waals surface area contributed by atoms with Gasteiger partial charge in [-0.2, -0.15) is 0 Å². The van der Waals surface area contributed by atoms with Crippen molar-refractivity contribution in [3.05, 3.63) is 0 Å². The molecule has 16 heavy (non-hydrogen) atoms. The van der Waals surface area contributed by atoms with Gasteiger partial charge in [-0.05, 0) is 6.92 Å². The number of imide groups is 1. The molecule has 1 aliphatic heterocycles. The Kier molecular flexibility index (Phi) is 4.95. The van der Waals surface area contributed by atoms with E-state index in [1.54, 1.807) is 11.8 Å². The van der Waals surface area contributed by atoms with Crippen molar-refractivity contribution in [1.82, 2.24) is 15.5 Å². The van der Waals surface area contributed by atoms with E-state index in [-0.39, 0.29) is 12.6 Å². The smallest absolute Gasteiger partial charge is 0.321 e. The summed E-state index contributed by atoms with van der Waals surface area (Å²) in [5, 5.41) is 4.74. The molecule has 0 radical (unpaired) electrons. The molecular formula is C9H15ClFN3O2. The molecule has 0 aromatic heterocycles. The second kappa shape index (κ2) is 6.00. The van der Waals surface area contributed by atoms with Crippen LogP contribution in [0.5, 0.6) is 0 Å². The van der Waals surface area contributed by atoms with Crippen LogP contribution in [0.4, 0.5) is 9.18 Å². The Hall–Kier alpha value is -0.880. The highest BCUT2D eigenvalue weighted by molar-refractivity contribution is 6.18. The number of carbonyl (C=O) groups excluding carboxylic acids is 2. The number of carbonyl (C=O) groups is 2. The summed E-state index contributed by atoms with van der Waals surface area (Å²) in [4.78, 5) is 24.3. The Morgan fingerprint density at radius 3 is 2.62 bits per heavy atom. The van der Waals surface area contributed by atoms with Gasteiger partial charge >= 0.3 is 6.03 Å². The van der Waals surface area contributed by atoms with Crippen molar-refractivity contribution in [2.75, 3.05) is 25.6 Å². The van der Waals surface area contributed by atoms with E-state index in [4.69, 9.17) is 11.6 Å². The molecule has 1 rings (SSSR count). The van der Waals surface area contributed by atoms with Crippen LogP contribution in [0.3, 0.4) is 0 Å². The molecule has 92 valence electrons. The van der Waals surface area contributed by atoms with Gasteiger partial charge in [0.2, 0.25) is 5.91 Å². The van der Waals surface area contributed by atoms with Gasteiger partial charge in [-0.1, -0.05) is 0 Å². The predicted molar refractivity (Wildman–Crippen MR) is 58.2 cm³/mol. The second-order valence-electron chi connectivity index (χ2n) is 3.61. The number of hydrogen-bond donors (Lipinski definition) is 2. The molecule has 0 aromatic carbocycles. The van der Waals surface area contributed by atoms with Crippen molar-refractivity contribution in [3.8, 4) is 0 Å². The summed E-state index contributed by atoms with van der Waals surface area (Å²) < 4.78 is 12.3. The molecule has 2 atom stereocenters. The topological polar surface area (TPSA) is 61.4 Å². The molecule has 1 fully saturated rings. The first-order chi connectivity index (χ1) is 7.60.